The van der Waals surface area contributed by atoms with E-state index in [1.165, 1.54) is 0 Å². The molecule has 1 aliphatic rings. The quantitative estimate of drug-likeness (QED) is 0.502. The summed E-state index contributed by atoms with van der Waals surface area (Å²) in [6.45, 7) is 3.11. The highest BCUT2D eigenvalue weighted by molar-refractivity contribution is 5.99. The molecule has 2 aromatic carbocycles. The van der Waals surface area contributed by atoms with Crippen molar-refractivity contribution < 1.29 is 4.79 Å². The lowest BCUT2D eigenvalue weighted by Gasteiger charge is -2.27. The Balaban J connectivity index is 1.54. The summed E-state index contributed by atoms with van der Waals surface area (Å²) in [4.78, 5) is 27.1. The Kier molecular flexibility index (Phi) is 3.95. The highest BCUT2D eigenvalue weighted by Crippen LogP contribution is 2.30. The number of aromatic amines is 1. The van der Waals surface area contributed by atoms with E-state index in [0.717, 1.165) is 53.7 Å². The minimum atomic E-state index is 0.0476. The van der Waals surface area contributed by atoms with Crippen molar-refractivity contribution in [1.82, 2.24) is 25.2 Å². The van der Waals surface area contributed by atoms with Crippen molar-refractivity contribution in [2.24, 2.45) is 0 Å². The largest absolute Gasteiger partial charge is 0.398 e. The molecule has 1 fully saturated rings. The van der Waals surface area contributed by atoms with E-state index < -0.39 is 0 Å². The van der Waals surface area contributed by atoms with Gasteiger partial charge in [0, 0.05) is 43.3 Å². The third kappa shape index (κ3) is 2.76. The first kappa shape index (κ1) is 16.7. The molecule has 28 heavy (non-hydrogen) atoms. The lowest BCUT2D eigenvalue weighted by Crippen LogP contribution is -2.46. The van der Waals surface area contributed by atoms with Crippen molar-refractivity contribution in [1.29, 1.82) is 0 Å². The molecule has 7 nitrogen and oxygen atoms in total. The Morgan fingerprint density at radius 1 is 1.07 bits per heavy atom. The maximum Gasteiger partial charge on any atom is 0.254 e. The lowest BCUT2D eigenvalue weighted by atomic mass is 10.1. The average Bonchev–Trinajstić information content (AvgIpc) is 3.17. The van der Waals surface area contributed by atoms with Gasteiger partial charge in [-0.05, 0) is 24.3 Å². The number of carbonyl (C=O) groups excluding carboxylic acids is 1. The van der Waals surface area contributed by atoms with Crippen molar-refractivity contribution in [2.45, 2.75) is 0 Å². The van der Waals surface area contributed by atoms with Gasteiger partial charge in [0.1, 0.15) is 5.82 Å². The molecule has 140 valence electrons. The van der Waals surface area contributed by atoms with Crippen molar-refractivity contribution >= 4 is 33.5 Å². The molecule has 0 aliphatic carbocycles. The van der Waals surface area contributed by atoms with Crippen molar-refractivity contribution in [3.63, 3.8) is 0 Å². The molecule has 4 aromatic rings. The Labute approximate surface area is 161 Å². The lowest BCUT2D eigenvalue weighted by molar-refractivity contribution is 0.0736. The molecule has 5 rings (SSSR count). The van der Waals surface area contributed by atoms with E-state index in [0.29, 0.717) is 17.1 Å². The van der Waals surface area contributed by atoms with Crippen LogP contribution in [0.1, 0.15) is 10.4 Å². The second-order valence-corrected chi connectivity index (χ2v) is 6.96. The zero-order valence-corrected chi connectivity index (χ0v) is 15.3. The van der Waals surface area contributed by atoms with Crippen LogP contribution in [0.4, 0.5) is 5.69 Å². The first-order valence-corrected chi connectivity index (χ1v) is 9.34. The molecular weight excluding hydrogens is 352 g/mol. The third-order valence-corrected chi connectivity index (χ3v) is 5.21. The number of hydrogen-bond acceptors (Lipinski definition) is 5. The fraction of sp³-hybridized carbons (Fsp3) is 0.190. The summed E-state index contributed by atoms with van der Waals surface area (Å²) in [7, 11) is 0. The first-order chi connectivity index (χ1) is 13.7. The SMILES string of the molecule is Nc1c(-c2nc3ccc(C(=O)N4CCNCC4)cc3[nH]2)cnc2ccccc12. The third-order valence-electron chi connectivity index (χ3n) is 5.21. The normalized spacial score (nSPS) is 14.6. The summed E-state index contributed by atoms with van der Waals surface area (Å²) >= 11 is 0. The number of para-hydroxylation sites is 1. The minimum absolute atomic E-state index is 0.0476. The summed E-state index contributed by atoms with van der Waals surface area (Å²) in [5.41, 5.74) is 10.9. The van der Waals surface area contributed by atoms with Crippen LogP contribution < -0.4 is 11.1 Å². The van der Waals surface area contributed by atoms with Crippen molar-refractivity contribution in [2.75, 3.05) is 31.9 Å². The Hall–Kier alpha value is -3.45. The number of nitrogen functional groups attached to an aromatic ring is 1. The van der Waals surface area contributed by atoms with Gasteiger partial charge in [0.2, 0.25) is 0 Å². The summed E-state index contributed by atoms with van der Waals surface area (Å²) < 4.78 is 0. The van der Waals surface area contributed by atoms with E-state index in [9.17, 15) is 4.79 Å². The number of fused-ring (bicyclic) bond motifs is 2. The zero-order valence-electron chi connectivity index (χ0n) is 15.3. The Morgan fingerprint density at radius 2 is 1.89 bits per heavy atom. The molecule has 0 saturated carbocycles. The fourth-order valence-corrected chi connectivity index (χ4v) is 3.67. The van der Waals surface area contributed by atoms with Gasteiger partial charge >= 0.3 is 0 Å². The van der Waals surface area contributed by atoms with E-state index in [4.69, 9.17) is 5.73 Å². The monoisotopic (exact) mass is 372 g/mol. The Morgan fingerprint density at radius 3 is 2.75 bits per heavy atom. The van der Waals surface area contributed by atoms with Crippen LogP contribution in [0.5, 0.6) is 0 Å². The molecule has 1 aliphatic heterocycles. The number of nitrogens with zero attached hydrogens (tertiary/aromatic N) is 3. The number of pyridine rings is 1. The minimum Gasteiger partial charge on any atom is -0.398 e. The number of anilines is 1. The Bertz CT molecular complexity index is 1190. The number of imidazole rings is 1. The summed E-state index contributed by atoms with van der Waals surface area (Å²) in [6.07, 6.45) is 1.74. The van der Waals surface area contributed by atoms with Gasteiger partial charge < -0.3 is 20.9 Å². The second kappa shape index (κ2) is 6.61. The number of nitrogens with one attached hydrogen (secondary N) is 2. The van der Waals surface area contributed by atoms with Crippen molar-refractivity contribution in [3.8, 4) is 11.4 Å². The highest BCUT2D eigenvalue weighted by atomic mass is 16.2. The highest BCUT2D eigenvalue weighted by Gasteiger charge is 2.19. The number of rotatable bonds is 2. The summed E-state index contributed by atoms with van der Waals surface area (Å²) in [6, 6.07) is 13.3. The molecule has 7 heteroatoms. The molecule has 4 N–H and O–H groups in total. The van der Waals surface area contributed by atoms with E-state index in [2.05, 4.69) is 20.3 Å². The molecule has 1 amide bonds. The predicted octanol–water partition coefficient (Wildman–Crippen LogP) is 2.41. The molecule has 0 radical (unpaired) electrons. The maximum absolute atomic E-state index is 12.8. The van der Waals surface area contributed by atoms with Crippen LogP contribution in [0, 0.1) is 0 Å². The van der Waals surface area contributed by atoms with Gasteiger partial charge in [0.05, 0.1) is 27.8 Å². The maximum atomic E-state index is 12.8. The van der Waals surface area contributed by atoms with E-state index in [-0.39, 0.29) is 5.91 Å². The van der Waals surface area contributed by atoms with Gasteiger partial charge in [-0.3, -0.25) is 9.78 Å². The predicted molar refractivity (Wildman–Crippen MR) is 110 cm³/mol. The molecule has 0 atom stereocenters. The number of carbonyl (C=O) groups is 1. The fourth-order valence-electron chi connectivity index (χ4n) is 3.67. The second-order valence-electron chi connectivity index (χ2n) is 6.96. The van der Waals surface area contributed by atoms with Crippen LogP contribution in [0.2, 0.25) is 0 Å². The zero-order chi connectivity index (χ0) is 19.1. The number of H-pyrrole nitrogens is 1. The summed E-state index contributed by atoms with van der Waals surface area (Å²) in [5.74, 6) is 0.698. The molecule has 0 bridgehead atoms. The number of aromatic nitrogens is 3. The van der Waals surface area contributed by atoms with Gasteiger partial charge in [0.15, 0.2) is 0 Å². The van der Waals surface area contributed by atoms with E-state index in [1.54, 1.807) is 6.20 Å². The number of nitrogens with two attached hydrogens (primary N) is 1. The molecule has 0 spiro atoms. The van der Waals surface area contributed by atoms with Crippen LogP contribution in [-0.4, -0.2) is 51.9 Å². The average molecular weight is 372 g/mol. The molecule has 1 saturated heterocycles. The van der Waals surface area contributed by atoms with Crippen LogP contribution >= 0.6 is 0 Å². The smallest absolute Gasteiger partial charge is 0.254 e. The van der Waals surface area contributed by atoms with Gasteiger partial charge in [0.25, 0.3) is 5.91 Å². The van der Waals surface area contributed by atoms with Gasteiger partial charge in [-0.15, -0.1) is 0 Å². The van der Waals surface area contributed by atoms with Crippen LogP contribution in [0.3, 0.4) is 0 Å². The van der Waals surface area contributed by atoms with Gasteiger partial charge in [-0.1, -0.05) is 18.2 Å². The van der Waals surface area contributed by atoms with Crippen LogP contribution in [0.15, 0.2) is 48.7 Å². The number of benzene rings is 2. The van der Waals surface area contributed by atoms with Gasteiger partial charge in [-0.25, -0.2) is 4.98 Å². The van der Waals surface area contributed by atoms with E-state index in [1.807, 2.05) is 47.4 Å². The number of piperazine rings is 1. The van der Waals surface area contributed by atoms with E-state index >= 15 is 0 Å². The topological polar surface area (TPSA) is 99.9 Å². The number of hydrogen-bond donors (Lipinski definition) is 3. The van der Waals surface area contributed by atoms with Crippen LogP contribution in [-0.2, 0) is 0 Å². The molecular formula is C21H20N6O. The molecule has 0 unspecified atom stereocenters. The number of amides is 1. The first-order valence-electron chi connectivity index (χ1n) is 9.34. The standard InChI is InChI=1S/C21H20N6O/c22-19-14-3-1-2-4-16(14)24-12-15(19)20-25-17-6-5-13(11-18(17)26-20)21(28)27-9-7-23-8-10-27/h1-6,11-12,23H,7-10H2,(H2,22,24)(H,25,26). The van der Waals surface area contributed by atoms with Crippen molar-refractivity contribution in [3.05, 3.63) is 54.2 Å². The summed E-state index contributed by atoms with van der Waals surface area (Å²) in [5, 5.41) is 4.16. The van der Waals surface area contributed by atoms with Crippen LogP contribution in [0.25, 0.3) is 33.3 Å². The molecule has 3 heterocycles. The van der Waals surface area contributed by atoms with Gasteiger partial charge in [-0.2, -0.15) is 0 Å². The molecule has 2 aromatic heterocycles.